The van der Waals surface area contributed by atoms with Crippen LogP contribution >= 0.6 is 15.9 Å². The number of carbonyl (C=O) groups excluding carboxylic acids is 1. The topological polar surface area (TPSA) is 110 Å². The van der Waals surface area contributed by atoms with Crippen LogP contribution in [-0.2, 0) is 5.72 Å². The molecule has 1 unspecified atom stereocenters. The fourth-order valence-electron chi connectivity index (χ4n) is 4.00. The second-order valence-corrected chi connectivity index (χ2v) is 8.38. The summed E-state index contributed by atoms with van der Waals surface area (Å²) in [6.07, 6.45) is -1.15. The Hall–Kier alpha value is -3.69. The summed E-state index contributed by atoms with van der Waals surface area (Å²) in [7, 11) is 1.38. The number of nitrogens with one attached hydrogen (secondary N) is 1. The van der Waals surface area contributed by atoms with Crippen LogP contribution < -0.4 is 9.80 Å². The fraction of sp³-hybridized carbons (Fsp3) is 0.0870. The number of aliphatic hydroxyl groups is 1. The molecule has 0 bridgehead atoms. The molecule has 0 saturated heterocycles. The van der Waals surface area contributed by atoms with Gasteiger partial charge < -0.3 is 15.2 Å². The molecule has 0 spiro atoms. The SMILES string of the molecule is CN(C(=O)O)c1nc2ccc(C3(O)c4ccccc4C(=O)N3c3ccc(Br)cc3)cc2[nH]1. The first-order valence-electron chi connectivity index (χ1n) is 9.69. The Kier molecular flexibility index (Phi) is 4.54. The summed E-state index contributed by atoms with van der Waals surface area (Å²) in [5.41, 5.74) is 1.16. The van der Waals surface area contributed by atoms with Gasteiger partial charge in [0.25, 0.3) is 5.91 Å². The molecule has 8 nitrogen and oxygen atoms in total. The van der Waals surface area contributed by atoms with Crippen LogP contribution in [0.1, 0.15) is 21.5 Å². The van der Waals surface area contributed by atoms with Crippen LogP contribution in [0.5, 0.6) is 0 Å². The quantitative estimate of drug-likeness (QED) is 0.395. The number of carboxylic acid groups (broad SMARTS) is 1. The third-order valence-corrected chi connectivity index (χ3v) is 6.15. The van der Waals surface area contributed by atoms with Crippen molar-refractivity contribution >= 4 is 50.6 Å². The fourth-order valence-corrected chi connectivity index (χ4v) is 4.27. The molecule has 1 aliphatic heterocycles. The van der Waals surface area contributed by atoms with Gasteiger partial charge in [-0.25, -0.2) is 9.78 Å². The van der Waals surface area contributed by atoms with E-state index in [1.807, 2.05) is 0 Å². The minimum absolute atomic E-state index is 0.157. The molecule has 1 aromatic heterocycles. The van der Waals surface area contributed by atoms with E-state index in [-0.39, 0.29) is 11.9 Å². The summed E-state index contributed by atoms with van der Waals surface area (Å²) >= 11 is 3.40. The van der Waals surface area contributed by atoms with Gasteiger partial charge in [-0.15, -0.1) is 0 Å². The summed E-state index contributed by atoms with van der Waals surface area (Å²) in [4.78, 5) is 34.2. The van der Waals surface area contributed by atoms with Crippen LogP contribution in [0.15, 0.2) is 71.2 Å². The lowest BCUT2D eigenvalue weighted by Gasteiger charge is -2.35. The highest BCUT2D eigenvalue weighted by Crippen LogP contribution is 2.45. The zero-order chi connectivity index (χ0) is 22.6. The predicted molar refractivity (Wildman–Crippen MR) is 123 cm³/mol. The number of imidazole rings is 1. The summed E-state index contributed by atoms with van der Waals surface area (Å²) in [6.45, 7) is 0. The van der Waals surface area contributed by atoms with Gasteiger partial charge in [0.1, 0.15) is 0 Å². The van der Waals surface area contributed by atoms with E-state index < -0.39 is 11.8 Å². The van der Waals surface area contributed by atoms with E-state index in [4.69, 9.17) is 0 Å². The highest BCUT2D eigenvalue weighted by molar-refractivity contribution is 9.10. The molecule has 0 saturated carbocycles. The second-order valence-electron chi connectivity index (χ2n) is 7.47. The number of anilines is 2. The highest BCUT2D eigenvalue weighted by atomic mass is 79.9. The number of hydrogen-bond donors (Lipinski definition) is 3. The maximum absolute atomic E-state index is 13.4. The van der Waals surface area contributed by atoms with Gasteiger partial charge in [-0.05, 0) is 42.5 Å². The van der Waals surface area contributed by atoms with Crippen molar-refractivity contribution in [3.63, 3.8) is 0 Å². The number of amides is 2. The summed E-state index contributed by atoms with van der Waals surface area (Å²) in [5, 5.41) is 21.3. The molecule has 1 aliphatic rings. The number of H-pyrrole nitrogens is 1. The van der Waals surface area contributed by atoms with Gasteiger partial charge in [-0.3, -0.25) is 14.6 Å². The van der Waals surface area contributed by atoms with Crippen LogP contribution in [0.3, 0.4) is 0 Å². The Bertz CT molecular complexity index is 1380. The number of carbonyl (C=O) groups is 2. The van der Waals surface area contributed by atoms with Crippen molar-refractivity contribution in [1.29, 1.82) is 0 Å². The van der Waals surface area contributed by atoms with Crippen molar-refractivity contribution < 1.29 is 19.8 Å². The smallest absolute Gasteiger partial charge is 0.413 e. The predicted octanol–water partition coefficient (Wildman–Crippen LogP) is 4.29. The van der Waals surface area contributed by atoms with Gasteiger partial charge in [0.15, 0.2) is 5.72 Å². The van der Waals surface area contributed by atoms with Crippen LogP contribution in [0, 0.1) is 0 Å². The van der Waals surface area contributed by atoms with Gasteiger partial charge in [0.05, 0.1) is 11.0 Å². The van der Waals surface area contributed by atoms with Crippen molar-refractivity contribution in [3.05, 3.63) is 87.9 Å². The molecule has 32 heavy (non-hydrogen) atoms. The summed E-state index contributed by atoms with van der Waals surface area (Å²) in [6, 6.07) is 19.1. The first-order valence-corrected chi connectivity index (χ1v) is 10.5. The van der Waals surface area contributed by atoms with Crippen LogP contribution in [0.2, 0.25) is 0 Å². The molecule has 3 aromatic carbocycles. The van der Waals surface area contributed by atoms with E-state index in [1.165, 1.54) is 11.9 Å². The lowest BCUT2D eigenvalue weighted by molar-refractivity contribution is 0.0704. The van der Waals surface area contributed by atoms with Crippen molar-refractivity contribution in [2.75, 3.05) is 16.8 Å². The van der Waals surface area contributed by atoms with Gasteiger partial charge in [0.2, 0.25) is 5.95 Å². The van der Waals surface area contributed by atoms with Crippen LogP contribution in [0.25, 0.3) is 11.0 Å². The highest BCUT2D eigenvalue weighted by Gasteiger charge is 2.50. The number of nitrogens with zero attached hydrogens (tertiary/aromatic N) is 3. The molecule has 9 heteroatoms. The first kappa shape index (κ1) is 20.2. The number of benzene rings is 3. The van der Waals surface area contributed by atoms with Crippen molar-refractivity contribution in [1.82, 2.24) is 9.97 Å². The normalized spacial score (nSPS) is 17.6. The third-order valence-electron chi connectivity index (χ3n) is 5.62. The van der Waals surface area contributed by atoms with E-state index in [0.29, 0.717) is 33.4 Å². The van der Waals surface area contributed by atoms with Gasteiger partial charge in [0, 0.05) is 33.9 Å². The number of fused-ring (bicyclic) bond motifs is 2. The molecule has 0 radical (unpaired) electrons. The molecule has 0 aliphatic carbocycles. The van der Waals surface area contributed by atoms with Crippen molar-refractivity contribution in [2.24, 2.45) is 0 Å². The van der Waals surface area contributed by atoms with Crippen molar-refractivity contribution in [3.8, 4) is 0 Å². The number of aromatic amines is 1. The van der Waals surface area contributed by atoms with Crippen LogP contribution in [0.4, 0.5) is 16.4 Å². The minimum atomic E-state index is -1.76. The Balaban J connectivity index is 1.71. The molecule has 5 rings (SSSR count). The molecule has 1 atom stereocenters. The largest absolute Gasteiger partial charge is 0.465 e. The molecular formula is C23H17BrN4O4. The van der Waals surface area contributed by atoms with Gasteiger partial charge in [-0.2, -0.15) is 0 Å². The molecule has 2 amide bonds. The average molecular weight is 493 g/mol. The van der Waals surface area contributed by atoms with E-state index in [1.54, 1.807) is 66.7 Å². The minimum Gasteiger partial charge on any atom is -0.465 e. The molecular weight excluding hydrogens is 476 g/mol. The zero-order valence-corrected chi connectivity index (χ0v) is 18.4. The number of rotatable bonds is 3. The average Bonchev–Trinajstić information content (AvgIpc) is 3.31. The molecule has 4 aromatic rings. The first-order chi connectivity index (χ1) is 15.3. The van der Waals surface area contributed by atoms with E-state index in [9.17, 15) is 19.8 Å². The molecule has 0 fully saturated rings. The zero-order valence-electron chi connectivity index (χ0n) is 16.8. The van der Waals surface area contributed by atoms with E-state index >= 15 is 0 Å². The van der Waals surface area contributed by atoms with E-state index in [0.717, 1.165) is 9.37 Å². The maximum Gasteiger partial charge on any atom is 0.413 e. The number of hydrogen-bond acceptors (Lipinski definition) is 4. The third kappa shape index (κ3) is 2.89. The van der Waals surface area contributed by atoms with Crippen LogP contribution in [-0.4, -0.2) is 39.2 Å². The Morgan fingerprint density at radius 1 is 1.12 bits per heavy atom. The molecule has 3 N–H and O–H groups in total. The van der Waals surface area contributed by atoms with E-state index in [2.05, 4.69) is 25.9 Å². The molecule has 2 heterocycles. The van der Waals surface area contributed by atoms with Gasteiger partial charge in [-0.1, -0.05) is 40.2 Å². The van der Waals surface area contributed by atoms with Crippen molar-refractivity contribution in [2.45, 2.75) is 5.72 Å². The summed E-state index contributed by atoms with van der Waals surface area (Å²) < 4.78 is 0.850. The number of aromatic nitrogens is 2. The Morgan fingerprint density at radius 2 is 1.84 bits per heavy atom. The second kappa shape index (κ2) is 7.18. The monoisotopic (exact) mass is 492 g/mol. The summed E-state index contributed by atoms with van der Waals surface area (Å²) in [5.74, 6) is -0.161. The maximum atomic E-state index is 13.4. The number of halogens is 1. The molecule has 160 valence electrons. The standard InChI is InChI=1S/C23H17BrN4O4/c1-27(22(30)31)21-25-18-11-6-13(12-19(18)26-21)23(32)17-5-3-2-4-16(17)20(29)28(23)15-9-7-14(24)8-10-15/h2-12,32H,1H3,(H,25,26)(H,30,31). The lowest BCUT2D eigenvalue weighted by atomic mass is 9.93. The lowest BCUT2D eigenvalue weighted by Crippen LogP contribution is -2.45. The Labute approximate surface area is 190 Å². The Morgan fingerprint density at radius 3 is 2.56 bits per heavy atom. The van der Waals surface area contributed by atoms with Gasteiger partial charge >= 0.3 is 6.09 Å².